The zero-order valence-corrected chi connectivity index (χ0v) is 11.0. The van der Waals surface area contributed by atoms with Crippen LogP contribution >= 0.6 is 0 Å². The number of aromatic nitrogens is 1. The lowest BCUT2D eigenvalue weighted by Gasteiger charge is -2.36. The largest absolute Gasteiger partial charge is 0.446 e. The highest BCUT2D eigenvalue weighted by Crippen LogP contribution is 2.43. The fraction of sp³-hybridized carbons (Fsp3) is 0.438. The van der Waals surface area contributed by atoms with Crippen molar-refractivity contribution in [3.8, 4) is 0 Å². The third-order valence-corrected chi connectivity index (χ3v) is 4.17. The van der Waals surface area contributed by atoms with Gasteiger partial charge < -0.3 is 9.52 Å². The first-order valence-electron chi connectivity index (χ1n) is 6.99. The van der Waals surface area contributed by atoms with Crippen molar-refractivity contribution < 1.29 is 9.52 Å². The van der Waals surface area contributed by atoms with E-state index in [4.69, 9.17) is 4.42 Å². The summed E-state index contributed by atoms with van der Waals surface area (Å²) in [5.41, 5.74) is -0.213. The molecule has 0 spiro atoms. The van der Waals surface area contributed by atoms with E-state index in [1.807, 2.05) is 30.3 Å². The van der Waals surface area contributed by atoms with Crippen LogP contribution in [0.4, 0.5) is 0 Å². The van der Waals surface area contributed by atoms with Crippen LogP contribution in [0.2, 0.25) is 0 Å². The van der Waals surface area contributed by atoms with Gasteiger partial charge in [-0.1, -0.05) is 49.6 Å². The van der Waals surface area contributed by atoms with Gasteiger partial charge in [0, 0.05) is 5.92 Å². The van der Waals surface area contributed by atoms with Crippen molar-refractivity contribution in [1.82, 2.24) is 4.98 Å². The maximum Gasteiger partial charge on any atom is 0.231 e. The standard InChI is InChI=1S/C16H19NO2/c18-16(15-17-11-12-19-15,13-7-3-1-4-8-13)14-9-5-2-6-10-14/h1,3-4,7-8,11-12,14,18H,2,5-6,9-10H2. The molecule has 1 N–H and O–H groups in total. The molecule has 3 nitrogen and oxygen atoms in total. The summed E-state index contributed by atoms with van der Waals surface area (Å²) in [6.45, 7) is 0. The lowest BCUT2D eigenvalue weighted by Crippen LogP contribution is -2.38. The second kappa shape index (κ2) is 5.17. The zero-order chi connectivity index (χ0) is 13.1. The summed E-state index contributed by atoms with van der Waals surface area (Å²) in [5.74, 6) is 0.605. The number of nitrogens with zero attached hydrogens (tertiary/aromatic N) is 1. The Morgan fingerprint density at radius 1 is 1.11 bits per heavy atom. The number of hydrogen-bond donors (Lipinski definition) is 1. The third-order valence-electron chi connectivity index (χ3n) is 4.17. The van der Waals surface area contributed by atoms with E-state index in [0.717, 1.165) is 18.4 Å². The van der Waals surface area contributed by atoms with Crippen LogP contribution in [0.25, 0.3) is 0 Å². The molecule has 1 atom stereocenters. The van der Waals surface area contributed by atoms with Crippen molar-refractivity contribution in [2.45, 2.75) is 37.7 Å². The normalized spacial score (nSPS) is 20.1. The quantitative estimate of drug-likeness (QED) is 0.915. The highest BCUT2D eigenvalue weighted by molar-refractivity contribution is 5.29. The molecule has 1 fully saturated rings. The van der Waals surface area contributed by atoms with Crippen molar-refractivity contribution in [1.29, 1.82) is 0 Å². The van der Waals surface area contributed by atoms with Gasteiger partial charge in [-0.3, -0.25) is 0 Å². The lowest BCUT2D eigenvalue weighted by molar-refractivity contribution is -0.0231. The number of hydrogen-bond acceptors (Lipinski definition) is 3. The van der Waals surface area contributed by atoms with Crippen molar-refractivity contribution in [2.24, 2.45) is 5.92 Å². The molecule has 3 heteroatoms. The number of benzene rings is 1. The monoisotopic (exact) mass is 257 g/mol. The molecule has 1 heterocycles. The molecule has 3 rings (SSSR count). The van der Waals surface area contributed by atoms with Gasteiger partial charge in [0.25, 0.3) is 0 Å². The van der Waals surface area contributed by atoms with Crippen LogP contribution in [-0.4, -0.2) is 10.1 Å². The van der Waals surface area contributed by atoms with E-state index in [9.17, 15) is 5.11 Å². The molecule has 1 aromatic carbocycles. The summed E-state index contributed by atoms with van der Waals surface area (Å²) in [6, 6.07) is 9.77. The SMILES string of the molecule is OC(c1ccccc1)(c1ncco1)C1CCCCC1. The van der Waals surface area contributed by atoms with Crippen LogP contribution in [0.5, 0.6) is 0 Å². The second-order valence-electron chi connectivity index (χ2n) is 5.30. The lowest BCUT2D eigenvalue weighted by atomic mass is 9.73. The Morgan fingerprint density at radius 3 is 2.47 bits per heavy atom. The molecule has 0 saturated heterocycles. The average Bonchev–Trinajstić information content (AvgIpc) is 3.03. The van der Waals surface area contributed by atoms with Crippen molar-refractivity contribution >= 4 is 0 Å². The van der Waals surface area contributed by atoms with Gasteiger partial charge in [0.2, 0.25) is 5.89 Å². The Labute approximate surface area is 113 Å². The summed E-state index contributed by atoms with van der Waals surface area (Å²) in [7, 11) is 0. The first kappa shape index (κ1) is 12.4. The summed E-state index contributed by atoms with van der Waals surface area (Å²) in [4.78, 5) is 4.22. The van der Waals surface area contributed by atoms with Gasteiger partial charge in [0.15, 0.2) is 5.60 Å². The Kier molecular flexibility index (Phi) is 3.38. The summed E-state index contributed by atoms with van der Waals surface area (Å²) in [6.07, 6.45) is 8.77. The molecule has 0 radical (unpaired) electrons. The van der Waals surface area contributed by atoms with E-state index in [0.29, 0.717) is 5.89 Å². The number of rotatable bonds is 3. The topological polar surface area (TPSA) is 46.3 Å². The predicted molar refractivity (Wildman–Crippen MR) is 72.5 cm³/mol. The minimum atomic E-state index is -1.09. The molecule has 0 bridgehead atoms. The summed E-state index contributed by atoms with van der Waals surface area (Å²) < 4.78 is 5.45. The number of oxazole rings is 1. The van der Waals surface area contributed by atoms with E-state index < -0.39 is 5.60 Å². The molecular weight excluding hydrogens is 238 g/mol. The van der Waals surface area contributed by atoms with Crippen LogP contribution in [0.3, 0.4) is 0 Å². The molecule has 1 unspecified atom stereocenters. The summed E-state index contributed by atoms with van der Waals surface area (Å²) in [5, 5.41) is 11.3. The van der Waals surface area contributed by atoms with Gasteiger partial charge in [-0.25, -0.2) is 4.98 Å². The smallest absolute Gasteiger partial charge is 0.231 e. The molecule has 1 aliphatic rings. The van der Waals surface area contributed by atoms with Gasteiger partial charge in [-0.05, 0) is 18.4 Å². The van der Waals surface area contributed by atoms with E-state index in [-0.39, 0.29) is 5.92 Å². The summed E-state index contributed by atoms with van der Waals surface area (Å²) >= 11 is 0. The second-order valence-corrected chi connectivity index (χ2v) is 5.30. The third kappa shape index (κ3) is 2.19. The van der Waals surface area contributed by atoms with Crippen LogP contribution in [0.15, 0.2) is 47.2 Å². The fourth-order valence-electron chi connectivity index (χ4n) is 3.16. The minimum Gasteiger partial charge on any atom is -0.446 e. The maximum absolute atomic E-state index is 11.3. The van der Waals surface area contributed by atoms with Crippen LogP contribution in [0.1, 0.15) is 43.6 Å². The Morgan fingerprint density at radius 2 is 1.84 bits per heavy atom. The highest BCUT2D eigenvalue weighted by atomic mass is 16.4. The first-order valence-corrected chi connectivity index (χ1v) is 6.99. The molecular formula is C16H19NO2. The van der Waals surface area contributed by atoms with Gasteiger partial charge in [-0.2, -0.15) is 0 Å². The minimum absolute atomic E-state index is 0.183. The molecule has 100 valence electrons. The first-order chi connectivity index (χ1) is 9.32. The molecule has 0 aliphatic heterocycles. The van der Waals surface area contributed by atoms with Gasteiger partial charge in [0.05, 0.1) is 6.20 Å². The molecule has 1 aromatic heterocycles. The van der Waals surface area contributed by atoms with Gasteiger partial charge >= 0.3 is 0 Å². The van der Waals surface area contributed by atoms with Crippen molar-refractivity contribution in [3.05, 3.63) is 54.2 Å². The van der Waals surface area contributed by atoms with E-state index in [1.165, 1.54) is 25.5 Å². The Balaban J connectivity index is 2.05. The van der Waals surface area contributed by atoms with Crippen LogP contribution in [-0.2, 0) is 5.60 Å². The molecule has 0 amide bonds. The van der Waals surface area contributed by atoms with Gasteiger partial charge in [-0.15, -0.1) is 0 Å². The molecule has 19 heavy (non-hydrogen) atoms. The molecule has 1 saturated carbocycles. The number of aliphatic hydroxyl groups is 1. The van der Waals surface area contributed by atoms with Crippen LogP contribution < -0.4 is 0 Å². The maximum atomic E-state index is 11.3. The fourth-order valence-corrected chi connectivity index (χ4v) is 3.16. The zero-order valence-electron chi connectivity index (χ0n) is 11.0. The van der Waals surface area contributed by atoms with Crippen molar-refractivity contribution in [2.75, 3.05) is 0 Å². The molecule has 2 aromatic rings. The average molecular weight is 257 g/mol. The van der Waals surface area contributed by atoms with E-state index in [1.54, 1.807) is 6.20 Å². The predicted octanol–water partition coefficient (Wildman–Crippen LogP) is 3.49. The van der Waals surface area contributed by atoms with Crippen LogP contribution in [0, 0.1) is 5.92 Å². The Hall–Kier alpha value is -1.61. The molecule has 1 aliphatic carbocycles. The van der Waals surface area contributed by atoms with Gasteiger partial charge in [0.1, 0.15) is 6.26 Å². The van der Waals surface area contributed by atoms with E-state index >= 15 is 0 Å². The highest BCUT2D eigenvalue weighted by Gasteiger charge is 2.44. The van der Waals surface area contributed by atoms with E-state index in [2.05, 4.69) is 4.98 Å². The van der Waals surface area contributed by atoms with Crippen molar-refractivity contribution in [3.63, 3.8) is 0 Å². The Bertz CT molecular complexity index is 503.